The zero-order valence-electron chi connectivity index (χ0n) is 12.4. The lowest BCUT2D eigenvalue weighted by Gasteiger charge is -2.40. The maximum atomic E-state index is 11.1. The Morgan fingerprint density at radius 3 is 2.61 bits per heavy atom. The molecule has 0 aliphatic carbocycles. The first-order valence-electron chi connectivity index (χ1n) is 7.37. The van der Waals surface area contributed by atoms with Crippen molar-refractivity contribution in [2.45, 2.75) is 25.0 Å². The standard InChI is InChI=1S/C16H17Cl2N3O2/c17-12-4-2-11(3-5-12)16(23)6-1-7-21(9-16)15-13(8-22)14(18)19-10-20-15/h2-5,10,22-23H,1,6-9H2. The normalized spacial score (nSPS) is 21.5. The molecule has 0 amide bonds. The molecule has 1 aliphatic heterocycles. The van der Waals surface area contributed by atoms with E-state index in [4.69, 9.17) is 23.2 Å². The van der Waals surface area contributed by atoms with Crippen molar-refractivity contribution in [1.29, 1.82) is 0 Å². The van der Waals surface area contributed by atoms with Crippen LogP contribution in [-0.4, -0.2) is 33.3 Å². The van der Waals surface area contributed by atoms with Gasteiger partial charge in [0.25, 0.3) is 0 Å². The van der Waals surface area contributed by atoms with Gasteiger partial charge in [-0.3, -0.25) is 0 Å². The van der Waals surface area contributed by atoms with E-state index in [9.17, 15) is 10.2 Å². The van der Waals surface area contributed by atoms with E-state index in [1.165, 1.54) is 6.33 Å². The number of hydrogen-bond donors (Lipinski definition) is 2. The van der Waals surface area contributed by atoms with Gasteiger partial charge in [0, 0.05) is 11.6 Å². The highest BCUT2D eigenvalue weighted by Crippen LogP contribution is 2.35. The van der Waals surface area contributed by atoms with Crippen LogP contribution in [0.25, 0.3) is 0 Å². The molecule has 0 saturated carbocycles. The Hall–Kier alpha value is -1.40. The fourth-order valence-corrected chi connectivity index (χ4v) is 3.32. The van der Waals surface area contributed by atoms with Crippen molar-refractivity contribution in [3.63, 3.8) is 0 Å². The molecule has 0 spiro atoms. The minimum Gasteiger partial charge on any atom is -0.391 e. The summed E-state index contributed by atoms with van der Waals surface area (Å²) >= 11 is 12.0. The van der Waals surface area contributed by atoms with Gasteiger partial charge >= 0.3 is 0 Å². The summed E-state index contributed by atoms with van der Waals surface area (Å²) in [6.07, 6.45) is 2.82. The quantitative estimate of drug-likeness (QED) is 0.830. The molecule has 1 unspecified atom stereocenters. The van der Waals surface area contributed by atoms with E-state index in [1.54, 1.807) is 12.1 Å². The molecule has 1 saturated heterocycles. The minimum absolute atomic E-state index is 0.234. The molecule has 1 fully saturated rings. The van der Waals surface area contributed by atoms with Gasteiger partial charge < -0.3 is 15.1 Å². The highest BCUT2D eigenvalue weighted by Gasteiger charge is 2.36. The molecule has 2 N–H and O–H groups in total. The van der Waals surface area contributed by atoms with Crippen molar-refractivity contribution in [2.24, 2.45) is 0 Å². The molecule has 2 aromatic rings. The minimum atomic E-state index is -0.993. The van der Waals surface area contributed by atoms with Crippen LogP contribution in [-0.2, 0) is 12.2 Å². The predicted molar refractivity (Wildman–Crippen MR) is 89.8 cm³/mol. The van der Waals surface area contributed by atoms with Gasteiger partial charge in [-0.2, -0.15) is 0 Å². The first-order chi connectivity index (χ1) is 11.0. The Labute approximate surface area is 144 Å². The van der Waals surface area contributed by atoms with E-state index in [2.05, 4.69) is 9.97 Å². The second kappa shape index (κ2) is 6.61. The van der Waals surface area contributed by atoms with E-state index in [0.29, 0.717) is 29.4 Å². The number of aliphatic hydroxyl groups is 2. The van der Waals surface area contributed by atoms with Gasteiger partial charge in [0.05, 0.1) is 18.7 Å². The van der Waals surface area contributed by atoms with Crippen molar-refractivity contribution in [1.82, 2.24) is 9.97 Å². The van der Waals surface area contributed by atoms with Gasteiger partial charge in [-0.1, -0.05) is 35.3 Å². The summed E-state index contributed by atoms with van der Waals surface area (Å²) < 4.78 is 0. The number of piperidine rings is 1. The van der Waals surface area contributed by atoms with Gasteiger partial charge in [0.1, 0.15) is 22.9 Å². The van der Waals surface area contributed by atoms with Crippen LogP contribution in [0, 0.1) is 0 Å². The zero-order chi connectivity index (χ0) is 16.4. The van der Waals surface area contributed by atoms with Crippen molar-refractivity contribution >= 4 is 29.0 Å². The molecule has 2 heterocycles. The van der Waals surface area contributed by atoms with E-state index < -0.39 is 5.60 Å². The van der Waals surface area contributed by atoms with E-state index in [0.717, 1.165) is 18.5 Å². The zero-order valence-corrected chi connectivity index (χ0v) is 13.9. The summed E-state index contributed by atoms with van der Waals surface area (Å²) in [6, 6.07) is 7.22. The third kappa shape index (κ3) is 3.28. The van der Waals surface area contributed by atoms with E-state index in [1.807, 2.05) is 17.0 Å². The Balaban J connectivity index is 1.92. The highest BCUT2D eigenvalue weighted by atomic mass is 35.5. The predicted octanol–water partition coefficient (Wildman–Crippen LogP) is 2.76. The molecule has 23 heavy (non-hydrogen) atoms. The lowest BCUT2D eigenvalue weighted by atomic mass is 9.85. The third-order valence-corrected chi connectivity index (χ3v) is 4.76. The van der Waals surface area contributed by atoms with E-state index >= 15 is 0 Å². The van der Waals surface area contributed by atoms with Crippen LogP contribution in [0.1, 0.15) is 24.0 Å². The smallest absolute Gasteiger partial charge is 0.140 e. The van der Waals surface area contributed by atoms with Crippen molar-refractivity contribution in [3.8, 4) is 0 Å². The first kappa shape index (κ1) is 16.5. The molecule has 0 radical (unpaired) electrons. The molecule has 1 aliphatic rings. The molecule has 7 heteroatoms. The molecule has 122 valence electrons. The maximum absolute atomic E-state index is 11.1. The number of benzene rings is 1. The molecule has 0 bridgehead atoms. The molecule has 1 aromatic carbocycles. The molecule has 1 aromatic heterocycles. The molecule has 5 nitrogen and oxygen atoms in total. The van der Waals surface area contributed by atoms with Crippen molar-refractivity contribution in [3.05, 3.63) is 51.9 Å². The highest BCUT2D eigenvalue weighted by molar-refractivity contribution is 6.30. The molecular formula is C16H17Cl2N3O2. The Morgan fingerprint density at radius 1 is 1.17 bits per heavy atom. The van der Waals surface area contributed by atoms with Crippen LogP contribution < -0.4 is 4.90 Å². The number of β-amino-alcohol motifs (C(OH)–C–C–N with tert-alkyl or cyclic N) is 1. The molecule has 1 atom stereocenters. The van der Waals surface area contributed by atoms with Crippen LogP contribution in [0.4, 0.5) is 5.82 Å². The summed E-state index contributed by atoms with van der Waals surface area (Å²) in [5.41, 5.74) is 0.305. The Bertz CT molecular complexity index is 696. The Morgan fingerprint density at radius 2 is 1.91 bits per heavy atom. The fraction of sp³-hybridized carbons (Fsp3) is 0.375. The number of rotatable bonds is 3. The summed E-state index contributed by atoms with van der Waals surface area (Å²) in [4.78, 5) is 10.1. The van der Waals surface area contributed by atoms with Crippen LogP contribution in [0.3, 0.4) is 0 Å². The van der Waals surface area contributed by atoms with Gasteiger partial charge in [0.15, 0.2) is 0 Å². The monoisotopic (exact) mass is 353 g/mol. The van der Waals surface area contributed by atoms with Gasteiger partial charge in [-0.05, 0) is 30.5 Å². The largest absolute Gasteiger partial charge is 0.391 e. The number of aliphatic hydroxyl groups excluding tert-OH is 1. The van der Waals surface area contributed by atoms with Crippen LogP contribution in [0.2, 0.25) is 10.2 Å². The number of nitrogens with zero attached hydrogens (tertiary/aromatic N) is 3. The van der Waals surface area contributed by atoms with Gasteiger partial charge in [-0.25, -0.2) is 9.97 Å². The first-order valence-corrected chi connectivity index (χ1v) is 8.13. The molecular weight excluding hydrogens is 337 g/mol. The number of aromatic nitrogens is 2. The summed E-state index contributed by atoms with van der Waals surface area (Å²) in [5.74, 6) is 0.569. The van der Waals surface area contributed by atoms with Gasteiger partial charge in [0.2, 0.25) is 0 Å². The lowest BCUT2D eigenvalue weighted by molar-refractivity contribution is 0.0216. The fourth-order valence-electron chi connectivity index (χ4n) is 3.00. The second-order valence-electron chi connectivity index (χ2n) is 5.69. The third-order valence-electron chi connectivity index (χ3n) is 4.18. The maximum Gasteiger partial charge on any atom is 0.140 e. The number of halogens is 2. The summed E-state index contributed by atoms with van der Waals surface area (Å²) in [6.45, 7) is 0.857. The number of anilines is 1. The van der Waals surface area contributed by atoms with Crippen LogP contribution in [0.5, 0.6) is 0 Å². The topological polar surface area (TPSA) is 69.5 Å². The SMILES string of the molecule is OCc1c(Cl)ncnc1N1CCCC(O)(c2ccc(Cl)cc2)C1. The average Bonchev–Trinajstić information content (AvgIpc) is 2.55. The Kier molecular flexibility index (Phi) is 4.73. The average molecular weight is 354 g/mol. The van der Waals surface area contributed by atoms with Crippen LogP contribution >= 0.6 is 23.2 Å². The van der Waals surface area contributed by atoms with Crippen molar-refractivity contribution in [2.75, 3.05) is 18.0 Å². The van der Waals surface area contributed by atoms with Gasteiger partial charge in [-0.15, -0.1) is 0 Å². The van der Waals surface area contributed by atoms with Crippen molar-refractivity contribution < 1.29 is 10.2 Å². The summed E-state index contributed by atoms with van der Waals surface area (Å²) in [7, 11) is 0. The lowest BCUT2D eigenvalue weighted by Crippen LogP contribution is -2.46. The van der Waals surface area contributed by atoms with Crippen LogP contribution in [0.15, 0.2) is 30.6 Å². The molecule has 3 rings (SSSR count). The number of hydrogen-bond acceptors (Lipinski definition) is 5. The van der Waals surface area contributed by atoms with E-state index in [-0.39, 0.29) is 11.8 Å². The summed E-state index contributed by atoms with van der Waals surface area (Å²) in [5, 5.41) is 21.5. The second-order valence-corrected chi connectivity index (χ2v) is 6.48.